The molecule has 3 rings (SSSR count). The molecule has 6 nitrogen and oxygen atoms in total. The van der Waals surface area contributed by atoms with Crippen molar-refractivity contribution >= 4 is 21.6 Å². The van der Waals surface area contributed by atoms with Crippen LogP contribution in [0.25, 0.3) is 0 Å². The van der Waals surface area contributed by atoms with Gasteiger partial charge in [-0.2, -0.15) is 4.31 Å². The van der Waals surface area contributed by atoms with Crippen LogP contribution in [-0.4, -0.2) is 32.8 Å². The smallest absolute Gasteiger partial charge is 0.243 e. The Hall–Kier alpha value is -3.16. The van der Waals surface area contributed by atoms with Gasteiger partial charge < -0.3 is 10.1 Å². The summed E-state index contributed by atoms with van der Waals surface area (Å²) in [5.74, 6) is 0.773. The third-order valence-electron chi connectivity index (χ3n) is 5.60. The van der Waals surface area contributed by atoms with Crippen LogP contribution in [0.3, 0.4) is 0 Å². The largest absolute Gasteiger partial charge is 0.497 e. The second-order valence-electron chi connectivity index (χ2n) is 8.15. The SMILES string of the molecule is COc1ccc([C@H](CC(=O)Nc2ccc(C(C)C)cc2)N(C)S(=O)(=O)c2ccccc2)cc1. The van der Waals surface area contributed by atoms with Gasteiger partial charge in [0.05, 0.1) is 18.0 Å². The van der Waals surface area contributed by atoms with Crippen LogP contribution in [0.1, 0.15) is 43.4 Å². The fourth-order valence-electron chi connectivity index (χ4n) is 3.55. The molecule has 0 fully saturated rings. The highest BCUT2D eigenvalue weighted by molar-refractivity contribution is 7.89. The van der Waals surface area contributed by atoms with Crippen LogP contribution in [0.5, 0.6) is 5.75 Å². The van der Waals surface area contributed by atoms with Gasteiger partial charge in [0.25, 0.3) is 0 Å². The summed E-state index contributed by atoms with van der Waals surface area (Å²) in [6, 6.07) is 22.3. The number of nitrogens with zero attached hydrogens (tertiary/aromatic N) is 1. The number of rotatable bonds is 9. The predicted molar refractivity (Wildman–Crippen MR) is 131 cm³/mol. The lowest BCUT2D eigenvalue weighted by Crippen LogP contribution is -2.33. The maximum Gasteiger partial charge on any atom is 0.243 e. The minimum Gasteiger partial charge on any atom is -0.497 e. The van der Waals surface area contributed by atoms with E-state index in [0.717, 1.165) is 0 Å². The number of anilines is 1. The Morgan fingerprint density at radius 3 is 2.03 bits per heavy atom. The maximum absolute atomic E-state index is 13.3. The monoisotopic (exact) mass is 466 g/mol. The van der Waals surface area contributed by atoms with E-state index < -0.39 is 16.1 Å². The number of hydrogen-bond acceptors (Lipinski definition) is 4. The van der Waals surface area contributed by atoms with Gasteiger partial charge in [-0.15, -0.1) is 0 Å². The van der Waals surface area contributed by atoms with Gasteiger partial charge in [0.1, 0.15) is 5.75 Å². The molecule has 3 aromatic carbocycles. The number of sulfonamides is 1. The summed E-state index contributed by atoms with van der Waals surface area (Å²) in [5, 5.41) is 2.89. The summed E-state index contributed by atoms with van der Waals surface area (Å²) >= 11 is 0. The molecule has 1 atom stereocenters. The van der Waals surface area contributed by atoms with E-state index in [1.54, 1.807) is 61.7 Å². The van der Waals surface area contributed by atoms with Gasteiger partial charge in [-0.3, -0.25) is 4.79 Å². The molecule has 0 aromatic heterocycles. The Balaban J connectivity index is 1.87. The van der Waals surface area contributed by atoms with Gasteiger partial charge in [-0.05, 0) is 53.4 Å². The minimum atomic E-state index is -3.81. The summed E-state index contributed by atoms with van der Waals surface area (Å²) in [7, 11) is -0.746. The highest BCUT2D eigenvalue weighted by atomic mass is 32.2. The molecule has 0 saturated heterocycles. The second-order valence-corrected chi connectivity index (χ2v) is 10.1. The first-order chi connectivity index (χ1) is 15.7. The molecule has 0 saturated carbocycles. The number of hydrogen-bond donors (Lipinski definition) is 1. The molecule has 0 unspecified atom stereocenters. The first-order valence-corrected chi connectivity index (χ1v) is 12.2. The maximum atomic E-state index is 13.3. The lowest BCUT2D eigenvalue weighted by molar-refractivity contribution is -0.117. The van der Waals surface area contributed by atoms with Crippen LogP contribution in [0, 0.1) is 0 Å². The van der Waals surface area contributed by atoms with Gasteiger partial charge in [-0.1, -0.05) is 56.3 Å². The molecular weight excluding hydrogens is 436 g/mol. The van der Waals surface area contributed by atoms with Crippen molar-refractivity contribution in [2.75, 3.05) is 19.5 Å². The molecule has 7 heteroatoms. The van der Waals surface area contributed by atoms with E-state index in [0.29, 0.717) is 22.9 Å². The van der Waals surface area contributed by atoms with Crippen molar-refractivity contribution in [1.29, 1.82) is 0 Å². The average Bonchev–Trinajstić information content (AvgIpc) is 2.83. The van der Waals surface area contributed by atoms with Gasteiger partial charge in [-0.25, -0.2) is 8.42 Å². The number of carbonyl (C=O) groups is 1. The number of nitrogens with one attached hydrogen (secondary N) is 1. The number of carbonyl (C=O) groups excluding carboxylic acids is 1. The molecule has 0 aliphatic heterocycles. The summed E-state index contributed by atoms with van der Waals surface area (Å²) in [6.07, 6.45) is -0.0408. The lowest BCUT2D eigenvalue weighted by Gasteiger charge is -2.28. The van der Waals surface area contributed by atoms with E-state index in [9.17, 15) is 13.2 Å². The molecule has 1 amide bonds. The normalized spacial score (nSPS) is 12.5. The summed E-state index contributed by atoms with van der Waals surface area (Å²) < 4.78 is 33.0. The summed E-state index contributed by atoms with van der Waals surface area (Å²) in [4.78, 5) is 13.1. The topological polar surface area (TPSA) is 75.7 Å². The molecule has 0 aliphatic rings. The van der Waals surface area contributed by atoms with E-state index in [2.05, 4.69) is 19.2 Å². The molecule has 3 aromatic rings. The van der Waals surface area contributed by atoms with Crippen molar-refractivity contribution in [2.24, 2.45) is 0 Å². The Labute approximate surface area is 196 Å². The van der Waals surface area contributed by atoms with E-state index in [-0.39, 0.29) is 17.2 Å². The third-order valence-corrected chi connectivity index (χ3v) is 7.48. The van der Waals surface area contributed by atoms with E-state index >= 15 is 0 Å². The zero-order valence-corrected chi connectivity index (χ0v) is 20.2. The zero-order chi connectivity index (χ0) is 24.0. The van der Waals surface area contributed by atoms with Gasteiger partial charge in [0, 0.05) is 19.2 Å². The Morgan fingerprint density at radius 2 is 1.48 bits per heavy atom. The number of ether oxygens (including phenoxy) is 1. The molecule has 33 heavy (non-hydrogen) atoms. The molecular formula is C26H30N2O4S. The van der Waals surface area contributed by atoms with Crippen LogP contribution < -0.4 is 10.1 Å². The molecule has 174 valence electrons. The van der Waals surface area contributed by atoms with Crippen molar-refractivity contribution in [3.63, 3.8) is 0 Å². The number of benzene rings is 3. The van der Waals surface area contributed by atoms with Crippen LogP contribution in [-0.2, 0) is 14.8 Å². The van der Waals surface area contributed by atoms with Crippen LogP contribution in [0.4, 0.5) is 5.69 Å². The molecule has 1 N–H and O–H groups in total. The van der Waals surface area contributed by atoms with Crippen LogP contribution in [0.15, 0.2) is 83.8 Å². The first kappa shape index (κ1) is 24.5. The minimum absolute atomic E-state index is 0.0408. The van der Waals surface area contributed by atoms with E-state index in [1.165, 1.54) is 16.9 Å². The number of amides is 1. The van der Waals surface area contributed by atoms with Crippen molar-refractivity contribution in [2.45, 2.75) is 37.1 Å². The molecule has 0 spiro atoms. The Kier molecular flexibility index (Phi) is 7.89. The summed E-state index contributed by atoms with van der Waals surface area (Å²) in [5.41, 5.74) is 2.55. The third kappa shape index (κ3) is 6.00. The summed E-state index contributed by atoms with van der Waals surface area (Å²) in [6.45, 7) is 4.21. The average molecular weight is 467 g/mol. The van der Waals surface area contributed by atoms with E-state index in [4.69, 9.17) is 4.74 Å². The van der Waals surface area contributed by atoms with Crippen LogP contribution >= 0.6 is 0 Å². The highest BCUT2D eigenvalue weighted by Gasteiger charge is 2.31. The van der Waals surface area contributed by atoms with Crippen molar-refractivity contribution < 1.29 is 17.9 Å². The fourth-order valence-corrected chi connectivity index (χ4v) is 4.91. The van der Waals surface area contributed by atoms with Gasteiger partial charge in [0.2, 0.25) is 15.9 Å². The molecule has 0 radical (unpaired) electrons. The lowest BCUT2D eigenvalue weighted by atomic mass is 10.0. The Morgan fingerprint density at radius 1 is 0.909 bits per heavy atom. The Bertz CT molecular complexity index is 1160. The molecule has 0 aliphatic carbocycles. The quantitative estimate of drug-likeness (QED) is 0.470. The predicted octanol–water partition coefficient (Wildman–Crippen LogP) is 5.21. The fraction of sp³-hybridized carbons (Fsp3) is 0.269. The number of methoxy groups -OCH3 is 1. The molecule has 0 bridgehead atoms. The molecule has 0 heterocycles. The second kappa shape index (κ2) is 10.6. The zero-order valence-electron chi connectivity index (χ0n) is 19.4. The van der Waals surface area contributed by atoms with Gasteiger partial charge >= 0.3 is 0 Å². The first-order valence-electron chi connectivity index (χ1n) is 10.8. The van der Waals surface area contributed by atoms with Crippen molar-refractivity contribution in [1.82, 2.24) is 4.31 Å². The highest BCUT2D eigenvalue weighted by Crippen LogP contribution is 2.30. The van der Waals surface area contributed by atoms with E-state index in [1.807, 2.05) is 24.3 Å². The van der Waals surface area contributed by atoms with Crippen molar-refractivity contribution in [3.05, 3.63) is 90.0 Å². The standard InChI is InChI=1S/C26H30N2O4S/c1-19(2)20-10-14-22(15-11-20)27-26(29)18-25(21-12-16-23(32-4)17-13-21)28(3)33(30,31)24-8-6-5-7-9-24/h5-17,19,25H,18H2,1-4H3,(H,27,29)/t25-/m0/s1. The van der Waals surface area contributed by atoms with Crippen LogP contribution in [0.2, 0.25) is 0 Å². The van der Waals surface area contributed by atoms with Gasteiger partial charge in [0.15, 0.2) is 0 Å². The van der Waals surface area contributed by atoms with Crippen molar-refractivity contribution in [3.8, 4) is 5.75 Å².